The molecule has 0 unspecified atom stereocenters. The molecule has 1 fully saturated rings. The van der Waals surface area contributed by atoms with Crippen LogP contribution in [0.25, 0.3) is 0 Å². The summed E-state index contributed by atoms with van der Waals surface area (Å²) in [5.74, 6) is 0.373. The van der Waals surface area contributed by atoms with Crippen LogP contribution in [0.15, 0.2) is 0 Å². The average molecular weight is 227 g/mol. The van der Waals surface area contributed by atoms with Gasteiger partial charge in [0.1, 0.15) is 0 Å². The fraction of sp³-hybridized carbons (Fsp3) is 0.818. The van der Waals surface area contributed by atoms with Gasteiger partial charge in [0.05, 0.1) is 6.54 Å². The molecule has 1 heterocycles. The molecule has 1 saturated heterocycles. The van der Waals surface area contributed by atoms with E-state index in [1.165, 1.54) is 0 Å². The minimum absolute atomic E-state index is 0.0389. The lowest BCUT2D eigenvalue weighted by molar-refractivity contribution is -0.136. The first-order valence-electron chi connectivity index (χ1n) is 5.75. The molecule has 0 aliphatic carbocycles. The first-order valence-corrected chi connectivity index (χ1v) is 5.75. The largest absolute Gasteiger partial charge is 0.368 e. The van der Waals surface area contributed by atoms with Gasteiger partial charge in [-0.1, -0.05) is 13.8 Å². The van der Waals surface area contributed by atoms with Gasteiger partial charge in [-0.25, -0.2) is 0 Å². The summed E-state index contributed by atoms with van der Waals surface area (Å²) >= 11 is 0. The van der Waals surface area contributed by atoms with E-state index in [4.69, 9.17) is 5.73 Å². The van der Waals surface area contributed by atoms with Gasteiger partial charge in [0.2, 0.25) is 11.8 Å². The molecular weight excluding hydrogens is 206 g/mol. The molecular formula is C11H21N3O2. The van der Waals surface area contributed by atoms with Gasteiger partial charge < -0.3 is 16.0 Å². The molecule has 5 nitrogen and oxygen atoms in total. The molecule has 0 saturated carbocycles. The van der Waals surface area contributed by atoms with E-state index >= 15 is 0 Å². The summed E-state index contributed by atoms with van der Waals surface area (Å²) in [6.07, 6.45) is 0.521. The zero-order valence-corrected chi connectivity index (χ0v) is 10.0. The monoisotopic (exact) mass is 227 g/mol. The second kappa shape index (κ2) is 5.84. The third-order valence-corrected chi connectivity index (χ3v) is 2.61. The Labute approximate surface area is 96.4 Å². The van der Waals surface area contributed by atoms with Crippen molar-refractivity contribution in [2.24, 2.45) is 17.6 Å². The van der Waals surface area contributed by atoms with Crippen molar-refractivity contribution in [1.29, 1.82) is 0 Å². The SMILES string of the molecule is CC(C)CN(CC(N)=O)C(=O)CC1CNC1. The van der Waals surface area contributed by atoms with Crippen LogP contribution in [0.3, 0.4) is 0 Å². The molecule has 0 aromatic carbocycles. The quantitative estimate of drug-likeness (QED) is 0.646. The van der Waals surface area contributed by atoms with Crippen molar-refractivity contribution in [2.75, 3.05) is 26.2 Å². The maximum absolute atomic E-state index is 11.9. The van der Waals surface area contributed by atoms with Gasteiger partial charge >= 0.3 is 0 Å². The summed E-state index contributed by atoms with van der Waals surface area (Å²) in [5, 5.41) is 3.12. The molecule has 0 atom stereocenters. The average Bonchev–Trinajstić information content (AvgIpc) is 2.08. The lowest BCUT2D eigenvalue weighted by Gasteiger charge is -2.30. The van der Waals surface area contributed by atoms with E-state index in [1.807, 2.05) is 13.8 Å². The molecule has 0 aromatic rings. The number of primary amides is 1. The van der Waals surface area contributed by atoms with Gasteiger partial charge in [-0.2, -0.15) is 0 Å². The first kappa shape index (κ1) is 13.0. The van der Waals surface area contributed by atoms with Crippen molar-refractivity contribution in [2.45, 2.75) is 20.3 Å². The van der Waals surface area contributed by atoms with Crippen molar-refractivity contribution in [3.05, 3.63) is 0 Å². The normalized spacial score (nSPS) is 15.9. The van der Waals surface area contributed by atoms with E-state index in [9.17, 15) is 9.59 Å². The molecule has 3 N–H and O–H groups in total. The molecule has 2 amide bonds. The molecule has 16 heavy (non-hydrogen) atoms. The van der Waals surface area contributed by atoms with Crippen molar-refractivity contribution < 1.29 is 9.59 Å². The summed E-state index contributed by atoms with van der Waals surface area (Å²) in [6.45, 7) is 6.48. The van der Waals surface area contributed by atoms with E-state index in [0.717, 1.165) is 13.1 Å². The predicted octanol–water partition coefficient (Wildman–Crippen LogP) is -0.434. The number of carbonyl (C=O) groups excluding carboxylic acids is 2. The Balaban J connectivity index is 2.44. The second-order valence-corrected chi connectivity index (χ2v) is 4.86. The number of nitrogens with two attached hydrogens (primary N) is 1. The Hall–Kier alpha value is -1.10. The predicted molar refractivity (Wildman–Crippen MR) is 61.6 cm³/mol. The van der Waals surface area contributed by atoms with Crippen LogP contribution in [0, 0.1) is 11.8 Å². The molecule has 0 bridgehead atoms. The van der Waals surface area contributed by atoms with Crippen molar-refractivity contribution in [3.8, 4) is 0 Å². The highest BCUT2D eigenvalue weighted by atomic mass is 16.2. The van der Waals surface area contributed by atoms with Crippen molar-refractivity contribution >= 4 is 11.8 Å². The van der Waals surface area contributed by atoms with Crippen LogP contribution >= 0.6 is 0 Å². The smallest absolute Gasteiger partial charge is 0.237 e. The lowest BCUT2D eigenvalue weighted by atomic mass is 9.98. The van der Waals surface area contributed by atoms with E-state index in [-0.39, 0.29) is 12.5 Å². The number of rotatable bonds is 6. The molecule has 1 aliphatic heterocycles. The van der Waals surface area contributed by atoms with Crippen LogP contribution in [0.4, 0.5) is 0 Å². The summed E-state index contributed by atoms with van der Waals surface area (Å²) < 4.78 is 0. The van der Waals surface area contributed by atoms with E-state index in [2.05, 4.69) is 5.32 Å². The van der Waals surface area contributed by atoms with E-state index < -0.39 is 5.91 Å². The zero-order chi connectivity index (χ0) is 12.1. The summed E-state index contributed by atoms with van der Waals surface area (Å²) in [5.41, 5.74) is 5.14. The molecule has 92 valence electrons. The highest BCUT2D eigenvalue weighted by Crippen LogP contribution is 2.11. The topological polar surface area (TPSA) is 75.4 Å². The Morgan fingerprint density at radius 1 is 1.44 bits per heavy atom. The molecule has 0 aromatic heterocycles. The minimum Gasteiger partial charge on any atom is -0.368 e. The third kappa shape index (κ3) is 4.18. The standard InChI is InChI=1S/C11H21N3O2/c1-8(2)6-14(7-10(12)15)11(16)3-9-4-13-5-9/h8-9,13H,3-7H2,1-2H3,(H2,12,15). The van der Waals surface area contributed by atoms with Crippen LogP contribution in [0.2, 0.25) is 0 Å². The van der Waals surface area contributed by atoms with Crippen molar-refractivity contribution in [3.63, 3.8) is 0 Å². The number of carbonyl (C=O) groups is 2. The van der Waals surface area contributed by atoms with E-state index in [1.54, 1.807) is 4.90 Å². The Kier molecular flexibility index (Phi) is 4.73. The number of nitrogens with zero attached hydrogens (tertiary/aromatic N) is 1. The molecule has 0 radical (unpaired) electrons. The Morgan fingerprint density at radius 3 is 2.44 bits per heavy atom. The van der Waals surface area contributed by atoms with Crippen LogP contribution in [0.1, 0.15) is 20.3 Å². The maximum atomic E-state index is 11.9. The number of hydrogen-bond donors (Lipinski definition) is 2. The van der Waals surface area contributed by atoms with Gasteiger partial charge in [-0.15, -0.1) is 0 Å². The lowest BCUT2D eigenvalue weighted by Crippen LogP contribution is -2.47. The number of hydrogen-bond acceptors (Lipinski definition) is 3. The minimum atomic E-state index is -0.444. The zero-order valence-electron chi connectivity index (χ0n) is 10.0. The van der Waals surface area contributed by atoms with Gasteiger partial charge in [0, 0.05) is 13.0 Å². The molecule has 5 heteroatoms. The number of amides is 2. The van der Waals surface area contributed by atoms with Crippen LogP contribution in [-0.2, 0) is 9.59 Å². The summed E-state index contributed by atoms with van der Waals surface area (Å²) in [4.78, 5) is 24.4. The maximum Gasteiger partial charge on any atom is 0.237 e. The first-order chi connectivity index (χ1) is 7.49. The van der Waals surface area contributed by atoms with Crippen LogP contribution < -0.4 is 11.1 Å². The molecule has 0 spiro atoms. The van der Waals surface area contributed by atoms with Gasteiger partial charge in [0.25, 0.3) is 0 Å². The van der Waals surface area contributed by atoms with Gasteiger partial charge in [-0.05, 0) is 24.9 Å². The van der Waals surface area contributed by atoms with Crippen LogP contribution in [0.5, 0.6) is 0 Å². The highest BCUT2D eigenvalue weighted by Gasteiger charge is 2.24. The van der Waals surface area contributed by atoms with E-state index in [0.29, 0.717) is 24.8 Å². The third-order valence-electron chi connectivity index (χ3n) is 2.61. The summed E-state index contributed by atoms with van der Waals surface area (Å²) in [7, 11) is 0. The fourth-order valence-electron chi connectivity index (χ4n) is 1.75. The van der Waals surface area contributed by atoms with Gasteiger partial charge in [-0.3, -0.25) is 9.59 Å². The highest BCUT2D eigenvalue weighted by molar-refractivity contribution is 5.84. The Bertz CT molecular complexity index is 262. The Morgan fingerprint density at radius 2 is 2.06 bits per heavy atom. The molecule has 1 rings (SSSR count). The van der Waals surface area contributed by atoms with Gasteiger partial charge in [0.15, 0.2) is 0 Å². The second-order valence-electron chi connectivity index (χ2n) is 4.86. The summed E-state index contributed by atoms with van der Waals surface area (Å²) in [6, 6.07) is 0. The van der Waals surface area contributed by atoms with Crippen molar-refractivity contribution in [1.82, 2.24) is 10.2 Å². The van der Waals surface area contributed by atoms with Crippen LogP contribution in [-0.4, -0.2) is 42.9 Å². The number of nitrogens with one attached hydrogen (secondary N) is 1. The molecule has 1 aliphatic rings. The fourth-order valence-corrected chi connectivity index (χ4v) is 1.75.